The van der Waals surface area contributed by atoms with Crippen molar-refractivity contribution in [2.24, 2.45) is 0 Å². The van der Waals surface area contributed by atoms with Gasteiger partial charge in [-0.2, -0.15) is 0 Å². The maximum absolute atomic E-state index is 11.5. The fourth-order valence-corrected chi connectivity index (χ4v) is 6.76. The van der Waals surface area contributed by atoms with E-state index in [1.807, 2.05) is 0 Å². The van der Waals surface area contributed by atoms with Gasteiger partial charge in [0.15, 0.2) is 19.7 Å². The molecular formula is C10H18O5S2. The largest absolute Gasteiger partial charge is 0.367 e. The molecule has 2 atom stereocenters. The first-order valence-corrected chi connectivity index (χ1v) is 9.29. The highest BCUT2D eigenvalue weighted by Gasteiger charge is 2.48. The predicted molar refractivity (Wildman–Crippen MR) is 64.4 cm³/mol. The molecule has 2 heterocycles. The molecule has 17 heavy (non-hydrogen) atoms. The molecule has 2 rings (SSSR count). The molecule has 7 heteroatoms. The van der Waals surface area contributed by atoms with Crippen molar-refractivity contribution in [2.75, 3.05) is 23.0 Å². The molecule has 100 valence electrons. The molecule has 2 aliphatic heterocycles. The SMILES string of the molecule is CC1(OC2(C)CCS(=O)(=O)C2)CCS(=O)(=O)C1. The second-order valence-electron chi connectivity index (χ2n) is 5.69. The Morgan fingerprint density at radius 1 is 0.824 bits per heavy atom. The highest BCUT2D eigenvalue weighted by atomic mass is 32.2. The van der Waals surface area contributed by atoms with Gasteiger partial charge in [-0.25, -0.2) is 16.8 Å². The van der Waals surface area contributed by atoms with Gasteiger partial charge < -0.3 is 4.74 Å². The number of sulfone groups is 2. The second-order valence-corrected chi connectivity index (χ2v) is 10.1. The van der Waals surface area contributed by atoms with E-state index in [9.17, 15) is 16.8 Å². The normalized spacial score (nSPS) is 43.9. The van der Waals surface area contributed by atoms with E-state index >= 15 is 0 Å². The summed E-state index contributed by atoms with van der Waals surface area (Å²) >= 11 is 0. The van der Waals surface area contributed by atoms with Crippen molar-refractivity contribution in [2.45, 2.75) is 37.9 Å². The minimum Gasteiger partial charge on any atom is -0.367 e. The van der Waals surface area contributed by atoms with Gasteiger partial charge in [0.1, 0.15) is 0 Å². The molecule has 2 aliphatic rings. The van der Waals surface area contributed by atoms with Gasteiger partial charge in [0, 0.05) is 0 Å². The van der Waals surface area contributed by atoms with Crippen LogP contribution in [0.1, 0.15) is 26.7 Å². The van der Waals surface area contributed by atoms with Gasteiger partial charge in [0.2, 0.25) is 0 Å². The molecule has 0 aromatic carbocycles. The maximum Gasteiger partial charge on any atom is 0.153 e. The standard InChI is InChI=1S/C10H18O5S2/c1-9(3-5-16(11,12)7-9)15-10(2)4-6-17(13,14)8-10/h3-8H2,1-2H3. The molecule has 2 unspecified atom stereocenters. The van der Waals surface area contributed by atoms with Crippen LogP contribution in [0.2, 0.25) is 0 Å². The van der Waals surface area contributed by atoms with Gasteiger partial charge in [-0.1, -0.05) is 0 Å². The average Bonchev–Trinajstić information content (AvgIpc) is 2.49. The van der Waals surface area contributed by atoms with Crippen LogP contribution in [-0.4, -0.2) is 51.0 Å². The van der Waals surface area contributed by atoms with E-state index < -0.39 is 30.9 Å². The number of hydrogen-bond donors (Lipinski definition) is 0. The molecule has 2 fully saturated rings. The molecule has 0 aromatic rings. The Morgan fingerprint density at radius 2 is 1.18 bits per heavy atom. The van der Waals surface area contributed by atoms with Crippen LogP contribution in [0.15, 0.2) is 0 Å². The van der Waals surface area contributed by atoms with Gasteiger partial charge in [-0.3, -0.25) is 0 Å². The summed E-state index contributed by atoms with van der Waals surface area (Å²) in [6.07, 6.45) is 0.899. The molecule has 0 amide bonds. The smallest absolute Gasteiger partial charge is 0.153 e. The molecule has 2 saturated heterocycles. The van der Waals surface area contributed by atoms with Crippen molar-refractivity contribution in [1.29, 1.82) is 0 Å². The Morgan fingerprint density at radius 3 is 1.41 bits per heavy atom. The summed E-state index contributed by atoms with van der Waals surface area (Å²) in [5.41, 5.74) is -1.46. The zero-order valence-electron chi connectivity index (χ0n) is 10.1. The minimum atomic E-state index is -3.03. The van der Waals surface area contributed by atoms with E-state index in [-0.39, 0.29) is 23.0 Å². The van der Waals surface area contributed by atoms with Crippen molar-refractivity contribution >= 4 is 19.7 Å². The molecular weight excluding hydrogens is 264 g/mol. The van der Waals surface area contributed by atoms with Gasteiger partial charge in [-0.15, -0.1) is 0 Å². The van der Waals surface area contributed by atoms with E-state index in [2.05, 4.69) is 0 Å². The van der Waals surface area contributed by atoms with Crippen molar-refractivity contribution in [3.8, 4) is 0 Å². The van der Waals surface area contributed by atoms with E-state index in [0.29, 0.717) is 12.8 Å². The molecule has 0 bridgehead atoms. The van der Waals surface area contributed by atoms with Crippen molar-refractivity contribution in [3.63, 3.8) is 0 Å². The first-order chi connectivity index (χ1) is 7.54. The fourth-order valence-electron chi connectivity index (χ4n) is 2.72. The Bertz CT molecular complexity index is 473. The summed E-state index contributed by atoms with van der Waals surface area (Å²) < 4.78 is 51.7. The molecule has 0 saturated carbocycles. The average molecular weight is 282 g/mol. The molecule has 0 N–H and O–H groups in total. The third-order valence-corrected chi connectivity index (χ3v) is 7.18. The summed E-state index contributed by atoms with van der Waals surface area (Å²) in [6.45, 7) is 3.52. The number of hydrogen-bond acceptors (Lipinski definition) is 5. The predicted octanol–water partition coefficient (Wildman–Crippen LogP) is 0.157. The molecule has 0 aliphatic carbocycles. The second kappa shape index (κ2) is 3.68. The van der Waals surface area contributed by atoms with E-state index in [0.717, 1.165) is 0 Å². The lowest BCUT2D eigenvalue weighted by atomic mass is 10.0. The highest BCUT2D eigenvalue weighted by Crippen LogP contribution is 2.36. The maximum atomic E-state index is 11.5. The topological polar surface area (TPSA) is 77.5 Å². The molecule has 0 radical (unpaired) electrons. The van der Waals surface area contributed by atoms with E-state index in [1.165, 1.54) is 0 Å². The zero-order valence-corrected chi connectivity index (χ0v) is 11.7. The summed E-state index contributed by atoms with van der Waals surface area (Å²) in [5.74, 6) is 0.254. The summed E-state index contributed by atoms with van der Waals surface area (Å²) in [4.78, 5) is 0. The van der Waals surface area contributed by atoms with E-state index in [1.54, 1.807) is 13.8 Å². The Balaban J connectivity index is 2.13. The van der Waals surface area contributed by atoms with Gasteiger partial charge in [0.05, 0.1) is 34.2 Å². The quantitative estimate of drug-likeness (QED) is 0.721. The highest BCUT2D eigenvalue weighted by molar-refractivity contribution is 7.92. The first-order valence-electron chi connectivity index (χ1n) is 5.64. The van der Waals surface area contributed by atoms with E-state index in [4.69, 9.17) is 4.74 Å². The Kier molecular flexibility index (Phi) is 2.88. The van der Waals surface area contributed by atoms with Gasteiger partial charge in [-0.05, 0) is 26.7 Å². The lowest BCUT2D eigenvalue weighted by Gasteiger charge is -2.34. The van der Waals surface area contributed by atoms with Crippen LogP contribution in [-0.2, 0) is 24.4 Å². The molecule has 0 aromatic heterocycles. The molecule has 5 nitrogen and oxygen atoms in total. The van der Waals surface area contributed by atoms with Crippen LogP contribution in [0.4, 0.5) is 0 Å². The van der Waals surface area contributed by atoms with Crippen LogP contribution in [0.25, 0.3) is 0 Å². The Labute approximate surface area is 102 Å². The summed E-state index contributed by atoms with van der Waals surface area (Å²) in [6, 6.07) is 0. The van der Waals surface area contributed by atoms with Gasteiger partial charge >= 0.3 is 0 Å². The zero-order chi connectivity index (χ0) is 12.9. The van der Waals surface area contributed by atoms with Crippen LogP contribution >= 0.6 is 0 Å². The third-order valence-electron chi connectivity index (χ3n) is 3.43. The van der Waals surface area contributed by atoms with Crippen LogP contribution in [0.3, 0.4) is 0 Å². The number of ether oxygens (including phenoxy) is 1. The number of rotatable bonds is 2. The van der Waals surface area contributed by atoms with Crippen molar-refractivity contribution in [3.05, 3.63) is 0 Å². The lowest BCUT2D eigenvalue weighted by Crippen LogP contribution is -2.42. The fraction of sp³-hybridized carbons (Fsp3) is 1.00. The summed E-state index contributed by atoms with van der Waals surface area (Å²) in [5, 5.41) is 0. The lowest BCUT2D eigenvalue weighted by molar-refractivity contribution is -0.113. The first kappa shape index (κ1) is 13.3. The third kappa shape index (κ3) is 3.00. The molecule has 0 spiro atoms. The summed E-state index contributed by atoms with van der Waals surface area (Å²) in [7, 11) is -6.05. The van der Waals surface area contributed by atoms with Crippen LogP contribution in [0, 0.1) is 0 Å². The minimum absolute atomic E-state index is 0.00433. The van der Waals surface area contributed by atoms with Gasteiger partial charge in [0.25, 0.3) is 0 Å². The van der Waals surface area contributed by atoms with Crippen molar-refractivity contribution < 1.29 is 21.6 Å². The Hall–Kier alpha value is -0.140. The monoisotopic (exact) mass is 282 g/mol. The van der Waals surface area contributed by atoms with Crippen molar-refractivity contribution in [1.82, 2.24) is 0 Å². The van der Waals surface area contributed by atoms with Crippen LogP contribution < -0.4 is 0 Å². The van der Waals surface area contributed by atoms with Crippen LogP contribution in [0.5, 0.6) is 0 Å².